The lowest BCUT2D eigenvalue weighted by Gasteiger charge is -2.12. The number of aliphatic hydroxyl groups excluding tert-OH is 2. The molecule has 1 aliphatic rings. The lowest BCUT2D eigenvalue weighted by molar-refractivity contribution is -0.138. The van der Waals surface area contributed by atoms with Gasteiger partial charge in [-0.05, 0) is 38.7 Å². The van der Waals surface area contributed by atoms with Gasteiger partial charge in [-0.2, -0.15) is 0 Å². The molecule has 156 valence electrons. The first-order valence-corrected chi connectivity index (χ1v) is 10.1. The van der Waals surface area contributed by atoms with Gasteiger partial charge in [0.1, 0.15) is 6.10 Å². The minimum atomic E-state index is -0.475. The zero-order chi connectivity index (χ0) is 19.9. The van der Waals surface area contributed by atoms with E-state index in [2.05, 4.69) is 6.92 Å². The number of hydrogen-bond acceptors (Lipinski definition) is 6. The molecule has 0 aromatic heterocycles. The maximum absolute atomic E-state index is 11.4. The number of cyclic esters (lactones) is 1. The molecule has 0 bridgehead atoms. The predicted molar refractivity (Wildman–Crippen MR) is 104 cm³/mol. The average molecular weight is 385 g/mol. The number of carbonyl (C=O) groups excluding carboxylic acids is 1. The summed E-state index contributed by atoms with van der Waals surface area (Å²) in [5, 5.41) is 19.5. The fourth-order valence-electron chi connectivity index (χ4n) is 2.73. The standard InChI is InChI=1S/C21H36O6/c1-3-4-10-19(22)15-25-12-13-26-16-20(23)11-8-6-5-7-9-18-14-17(2)27-21(18)24/h7,9,14,17,19-20,22-23H,3-6,8,10-13,15-16H2,1-2H3/b9-7+/t17-,19?,20?/m0/s1. The minimum Gasteiger partial charge on any atom is -0.455 e. The van der Waals surface area contributed by atoms with Crippen molar-refractivity contribution in [2.75, 3.05) is 26.4 Å². The van der Waals surface area contributed by atoms with E-state index >= 15 is 0 Å². The number of ether oxygens (including phenoxy) is 3. The first-order valence-electron chi connectivity index (χ1n) is 10.1. The van der Waals surface area contributed by atoms with Crippen LogP contribution in [-0.2, 0) is 19.0 Å². The van der Waals surface area contributed by atoms with E-state index in [0.717, 1.165) is 38.5 Å². The SMILES string of the molecule is CCCCC(O)COCCOCC(O)CCCC/C=C/C1=C[C@H](C)OC1=O. The molecular weight excluding hydrogens is 348 g/mol. The summed E-state index contributed by atoms with van der Waals surface area (Å²) in [5.74, 6) is -0.259. The third-order valence-electron chi connectivity index (χ3n) is 4.28. The number of allylic oxidation sites excluding steroid dienone is 1. The molecule has 0 fully saturated rings. The summed E-state index contributed by atoms with van der Waals surface area (Å²) in [6, 6.07) is 0. The zero-order valence-electron chi connectivity index (χ0n) is 16.8. The van der Waals surface area contributed by atoms with Crippen molar-refractivity contribution < 1.29 is 29.2 Å². The smallest absolute Gasteiger partial charge is 0.338 e. The minimum absolute atomic E-state index is 0.135. The highest BCUT2D eigenvalue weighted by atomic mass is 16.5. The van der Waals surface area contributed by atoms with Crippen LogP contribution in [0.1, 0.15) is 58.8 Å². The van der Waals surface area contributed by atoms with Crippen LogP contribution < -0.4 is 0 Å². The Morgan fingerprint density at radius 1 is 1.11 bits per heavy atom. The molecule has 0 radical (unpaired) electrons. The monoisotopic (exact) mass is 384 g/mol. The maximum atomic E-state index is 11.4. The maximum Gasteiger partial charge on any atom is 0.338 e. The van der Waals surface area contributed by atoms with Gasteiger partial charge >= 0.3 is 5.97 Å². The fourth-order valence-corrected chi connectivity index (χ4v) is 2.73. The van der Waals surface area contributed by atoms with Gasteiger partial charge in [0.05, 0.1) is 44.2 Å². The lowest BCUT2D eigenvalue weighted by atomic mass is 10.1. The third-order valence-corrected chi connectivity index (χ3v) is 4.28. The van der Waals surface area contributed by atoms with Gasteiger partial charge in [-0.15, -0.1) is 0 Å². The van der Waals surface area contributed by atoms with Gasteiger partial charge in [-0.1, -0.05) is 38.3 Å². The molecule has 0 saturated heterocycles. The van der Waals surface area contributed by atoms with Crippen LogP contribution in [0.2, 0.25) is 0 Å². The molecule has 1 aliphatic heterocycles. The average Bonchev–Trinajstić information content (AvgIpc) is 2.96. The van der Waals surface area contributed by atoms with Gasteiger partial charge in [-0.25, -0.2) is 4.79 Å². The molecule has 0 aromatic carbocycles. The Bertz CT molecular complexity index is 460. The number of rotatable bonds is 16. The second-order valence-electron chi connectivity index (χ2n) is 7.02. The fraction of sp³-hybridized carbons (Fsp3) is 0.762. The molecule has 0 aliphatic carbocycles. The van der Waals surface area contributed by atoms with Crippen LogP contribution >= 0.6 is 0 Å². The second-order valence-corrected chi connectivity index (χ2v) is 7.02. The molecule has 0 spiro atoms. The van der Waals surface area contributed by atoms with E-state index < -0.39 is 12.2 Å². The first-order chi connectivity index (χ1) is 13.0. The largest absolute Gasteiger partial charge is 0.455 e. The molecule has 6 nitrogen and oxygen atoms in total. The highest BCUT2D eigenvalue weighted by molar-refractivity contribution is 5.93. The van der Waals surface area contributed by atoms with E-state index in [0.29, 0.717) is 38.4 Å². The molecule has 27 heavy (non-hydrogen) atoms. The quantitative estimate of drug-likeness (QED) is 0.314. The van der Waals surface area contributed by atoms with Crippen LogP contribution in [0.5, 0.6) is 0 Å². The van der Waals surface area contributed by atoms with Gasteiger partial charge in [0.15, 0.2) is 0 Å². The van der Waals surface area contributed by atoms with E-state index in [1.165, 1.54) is 0 Å². The molecule has 1 heterocycles. The van der Waals surface area contributed by atoms with Crippen molar-refractivity contribution in [3.8, 4) is 0 Å². The van der Waals surface area contributed by atoms with Gasteiger partial charge in [-0.3, -0.25) is 0 Å². The Hall–Kier alpha value is -1.21. The van der Waals surface area contributed by atoms with E-state index in [1.54, 1.807) is 0 Å². The molecular formula is C21H36O6. The molecule has 2 N–H and O–H groups in total. The number of carbonyl (C=O) groups is 1. The molecule has 6 heteroatoms. The van der Waals surface area contributed by atoms with Gasteiger partial charge in [0.25, 0.3) is 0 Å². The molecule has 0 amide bonds. The van der Waals surface area contributed by atoms with Crippen LogP contribution in [-0.4, -0.2) is 60.9 Å². The molecule has 3 atom stereocenters. The van der Waals surface area contributed by atoms with Crippen LogP contribution in [0.25, 0.3) is 0 Å². The Balaban J connectivity index is 1.92. The summed E-state index contributed by atoms with van der Waals surface area (Å²) in [7, 11) is 0. The van der Waals surface area contributed by atoms with Crippen molar-refractivity contribution in [2.24, 2.45) is 0 Å². The molecule has 0 aromatic rings. The van der Waals surface area contributed by atoms with E-state index in [-0.39, 0.29) is 12.1 Å². The van der Waals surface area contributed by atoms with Crippen molar-refractivity contribution >= 4 is 5.97 Å². The molecule has 0 saturated carbocycles. The number of aliphatic hydroxyl groups is 2. The number of unbranched alkanes of at least 4 members (excludes halogenated alkanes) is 3. The lowest BCUT2D eigenvalue weighted by Crippen LogP contribution is -2.20. The van der Waals surface area contributed by atoms with Gasteiger partial charge < -0.3 is 24.4 Å². The van der Waals surface area contributed by atoms with E-state index in [1.807, 2.05) is 25.2 Å². The van der Waals surface area contributed by atoms with Crippen molar-refractivity contribution in [3.63, 3.8) is 0 Å². The van der Waals surface area contributed by atoms with Crippen LogP contribution in [0.15, 0.2) is 23.8 Å². The summed E-state index contributed by atoms with van der Waals surface area (Å²) in [5.41, 5.74) is 0.621. The Labute approximate surface area is 163 Å². The Morgan fingerprint density at radius 3 is 2.30 bits per heavy atom. The normalized spacial score (nSPS) is 19.3. The van der Waals surface area contributed by atoms with Crippen molar-refractivity contribution in [1.29, 1.82) is 0 Å². The third kappa shape index (κ3) is 12.0. The van der Waals surface area contributed by atoms with Crippen LogP contribution in [0.4, 0.5) is 0 Å². The summed E-state index contributed by atoms with van der Waals surface area (Å²) in [6.45, 7) is 5.42. The second kappa shape index (κ2) is 14.8. The Morgan fingerprint density at radius 2 is 1.74 bits per heavy atom. The topological polar surface area (TPSA) is 85.2 Å². The van der Waals surface area contributed by atoms with Crippen LogP contribution in [0.3, 0.4) is 0 Å². The summed E-state index contributed by atoms with van der Waals surface area (Å²) >= 11 is 0. The van der Waals surface area contributed by atoms with E-state index in [4.69, 9.17) is 14.2 Å². The molecule has 1 rings (SSSR count). The van der Waals surface area contributed by atoms with Gasteiger partial charge in [0, 0.05) is 0 Å². The summed E-state index contributed by atoms with van der Waals surface area (Å²) < 4.78 is 15.8. The summed E-state index contributed by atoms with van der Waals surface area (Å²) in [6.07, 6.45) is 10.8. The Kier molecular flexibility index (Phi) is 13.1. The van der Waals surface area contributed by atoms with Gasteiger partial charge in [0.2, 0.25) is 0 Å². The number of hydrogen-bond donors (Lipinski definition) is 2. The highest BCUT2D eigenvalue weighted by Gasteiger charge is 2.19. The zero-order valence-corrected chi connectivity index (χ0v) is 16.8. The van der Waals surface area contributed by atoms with E-state index in [9.17, 15) is 15.0 Å². The van der Waals surface area contributed by atoms with Crippen molar-refractivity contribution in [2.45, 2.75) is 77.1 Å². The van der Waals surface area contributed by atoms with Crippen molar-refractivity contribution in [1.82, 2.24) is 0 Å². The first kappa shape index (κ1) is 23.8. The van der Waals surface area contributed by atoms with Crippen molar-refractivity contribution in [3.05, 3.63) is 23.8 Å². The summed E-state index contributed by atoms with van der Waals surface area (Å²) in [4.78, 5) is 11.4. The predicted octanol–water partition coefficient (Wildman–Crippen LogP) is 2.92. The number of esters is 1. The molecule has 2 unspecified atom stereocenters. The van der Waals surface area contributed by atoms with Crippen LogP contribution in [0, 0.1) is 0 Å². The highest BCUT2D eigenvalue weighted by Crippen LogP contribution is 2.15.